The molecule has 1 unspecified atom stereocenters. The highest BCUT2D eigenvalue weighted by Gasteiger charge is 2.24. The molecule has 3 rings (SSSR count). The third kappa shape index (κ3) is 2.96. The van der Waals surface area contributed by atoms with E-state index in [0.717, 1.165) is 4.88 Å². The number of anilines is 1. The summed E-state index contributed by atoms with van der Waals surface area (Å²) in [5, 5.41) is 4.95. The number of cyclic esters (lactones) is 1. The van der Waals surface area contributed by atoms with Crippen LogP contribution < -0.4 is 10.2 Å². The highest BCUT2D eigenvalue weighted by Crippen LogP contribution is 2.22. The van der Waals surface area contributed by atoms with E-state index < -0.39 is 0 Å². The summed E-state index contributed by atoms with van der Waals surface area (Å²) >= 11 is 1.61. The molecule has 1 aromatic heterocycles. The van der Waals surface area contributed by atoms with Gasteiger partial charge in [0.15, 0.2) is 0 Å². The van der Waals surface area contributed by atoms with Crippen molar-refractivity contribution in [2.24, 2.45) is 0 Å². The number of rotatable bonds is 4. The topological polar surface area (TPSA) is 58.6 Å². The summed E-state index contributed by atoms with van der Waals surface area (Å²) in [6.45, 7) is 2.84. The second-order valence-electron chi connectivity index (χ2n) is 5.03. The van der Waals surface area contributed by atoms with Gasteiger partial charge >= 0.3 is 6.09 Å². The van der Waals surface area contributed by atoms with Gasteiger partial charge in [-0.15, -0.1) is 11.3 Å². The number of thiophene rings is 1. The molecule has 2 heterocycles. The van der Waals surface area contributed by atoms with Crippen molar-refractivity contribution in [3.05, 3.63) is 52.2 Å². The normalized spacial score (nSPS) is 15.5. The summed E-state index contributed by atoms with van der Waals surface area (Å²) < 4.78 is 4.92. The van der Waals surface area contributed by atoms with Crippen molar-refractivity contribution in [3.63, 3.8) is 0 Å². The lowest BCUT2D eigenvalue weighted by Crippen LogP contribution is -2.27. The van der Waals surface area contributed by atoms with Gasteiger partial charge in [0.25, 0.3) is 5.91 Å². The van der Waals surface area contributed by atoms with E-state index in [2.05, 4.69) is 5.32 Å². The monoisotopic (exact) mass is 316 g/mol. The summed E-state index contributed by atoms with van der Waals surface area (Å²) in [6, 6.07) is 10.9. The molecule has 1 atom stereocenters. The Morgan fingerprint density at radius 3 is 2.91 bits per heavy atom. The second kappa shape index (κ2) is 6.19. The van der Waals surface area contributed by atoms with Crippen molar-refractivity contribution in [1.82, 2.24) is 5.32 Å². The Hall–Kier alpha value is -2.34. The zero-order valence-corrected chi connectivity index (χ0v) is 12.9. The van der Waals surface area contributed by atoms with Crippen molar-refractivity contribution in [3.8, 4) is 0 Å². The van der Waals surface area contributed by atoms with Gasteiger partial charge < -0.3 is 10.1 Å². The SMILES string of the molecule is CC(NC(=O)c1cccc(N2CCOC2=O)c1)c1cccs1. The van der Waals surface area contributed by atoms with Crippen molar-refractivity contribution in [2.45, 2.75) is 13.0 Å². The molecule has 5 nitrogen and oxygen atoms in total. The van der Waals surface area contributed by atoms with E-state index in [4.69, 9.17) is 4.74 Å². The van der Waals surface area contributed by atoms with Gasteiger partial charge in [-0.2, -0.15) is 0 Å². The Morgan fingerprint density at radius 2 is 2.23 bits per heavy atom. The molecule has 22 heavy (non-hydrogen) atoms. The molecule has 0 radical (unpaired) electrons. The zero-order valence-electron chi connectivity index (χ0n) is 12.1. The highest BCUT2D eigenvalue weighted by atomic mass is 32.1. The lowest BCUT2D eigenvalue weighted by Gasteiger charge is -2.15. The number of hydrogen-bond donors (Lipinski definition) is 1. The first-order valence-electron chi connectivity index (χ1n) is 7.04. The van der Waals surface area contributed by atoms with Gasteiger partial charge in [0.1, 0.15) is 6.61 Å². The minimum Gasteiger partial charge on any atom is -0.447 e. The average Bonchev–Trinajstić information content (AvgIpc) is 3.18. The molecule has 0 aliphatic carbocycles. The average molecular weight is 316 g/mol. The van der Waals surface area contributed by atoms with Crippen LogP contribution >= 0.6 is 11.3 Å². The van der Waals surface area contributed by atoms with Gasteiger partial charge in [0, 0.05) is 16.1 Å². The molecular formula is C16H16N2O3S. The standard InChI is InChI=1S/C16H16N2O3S/c1-11(14-6-3-9-22-14)17-15(19)12-4-2-5-13(10-12)18-7-8-21-16(18)20/h2-6,9-11H,7-8H2,1H3,(H,17,19). The number of amides is 2. The van der Waals surface area contributed by atoms with Crippen molar-refractivity contribution in [2.75, 3.05) is 18.1 Å². The molecule has 6 heteroatoms. The lowest BCUT2D eigenvalue weighted by atomic mass is 10.1. The largest absolute Gasteiger partial charge is 0.447 e. The van der Waals surface area contributed by atoms with Crippen LogP contribution in [0.3, 0.4) is 0 Å². The number of ether oxygens (including phenoxy) is 1. The predicted molar refractivity (Wildman–Crippen MR) is 85.3 cm³/mol. The molecule has 1 saturated heterocycles. The summed E-state index contributed by atoms with van der Waals surface area (Å²) in [7, 11) is 0. The summed E-state index contributed by atoms with van der Waals surface area (Å²) in [5.74, 6) is -0.157. The number of hydrogen-bond acceptors (Lipinski definition) is 4. The fourth-order valence-corrected chi connectivity index (χ4v) is 3.07. The number of benzene rings is 1. The van der Waals surface area contributed by atoms with Gasteiger partial charge in [-0.1, -0.05) is 12.1 Å². The van der Waals surface area contributed by atoms with E-state index >= 15 is 0 Å². The van der Waals surface area contributed by atoms with Crippen LogP contribution in [0.4, 0.5) is 10.5 Å². The van der Waals surface area contributed by atoms with Crippen LogP contribution in [0.25, 0.3) is 0 Å². The fourth-order valence-electron chi connectivity index (χ4n) is 2.33. The smallest absolute Gasteiger partial charge is 0.414 e. The number of nitrogens with zero attached hydrogens (tertiary/aromatic N) is 1. The van der Waals surface area contributed by atoms with Crippen LogP contribution in [-0.4, -0.2) is 25.2 Å². The molecule has 1 aliphatic rings. The molecule has 114 valence electrons. The lowest BCUT2D eigenvalue weighted by molar-refractivity contribution is 0.0940. The Balaban J connectivity index is 1.74. The van der Waals surface area contributed by atoms with Crippen LogP contribution in [-0.2, 0) is 4.74 Å². The van der Waals surface area contributed by atoms with E-state index in [9.17, 15) is 9.59 Å². The maximum absolute atomic E-state index is 12.4. The summed E-state index contributed by atoms with van der Waals surface area (Å²) in [5.41, 5.74) is 1.21. The van der Waals surface area contributed by atoms with Crippen LogP contribution in [0.2, 0.25) is 0 Å². The molecule has 0 saturated carbocycles. The third-order valence-corrected chi connectivity index (χ3v) is 4.55. The first-order chi connectivity index (χ1) is 10.6. The van der Waals surface area contributed by atoms with Gasteiger partial charge in [0.05, 0.1) is 12.6 Å². The Morgan fingerprint density at radius 1 is 1.36 bits per heavy atom. The van der Waals surface area contributed by atoms with E-state index in [1.54, 1.807) is 35.6 Å². The highest BCUT2D eigenvalue weighted by molar-refractivity contribution is 7.10. The molecule has 0 bridgehead atoms. The fraction of sp³-hybridized carbons (Fsp3) is 0.250. The van der Waals surface area contributed by atoms with E-state index in [1.165, 1.54) is 4.90 Å². The summed E-state index contributed by atoms with van der Waals surface area (Å²) in [6.07, 6.45) is -0.371. The van der Waals surface area contributed by atoms with Gasteiger partial charge in [0.2, 0.25) is 0 Å². The first kappa shape index (κ1) is 14.6. The Labute approximate surface area is 132 Å². The quantitative estimate of drug-likeness (QED) is 0.942. The minimum atomic E-state index is -0.371. The maximum atomic E-state index is 12.4. The molecule has 1 aliphatic heterocycles. The number of nitrogens with one attached hydrogen (secondary N) is 1. The zero-order chi connectivity index (χ0) is 15.5. The van der Waals surface area contributed by atoms with E-state index in [1.807, 2.05) is 24.4 Å². The second-order valence-corrected chi connectivity index (χ2v) is 6.01. The van der Waals surface area contributed by atoms with Crippen LogP contribution in [0.5, 0.6) is 0 Å². The van der Waals surface area contributed by atoms with E-state index in [0.29, 0.717) is 24.4 Å². The summed E-state index contributed by atoms with van der Waals surface area (Å²) in [4.78, 5) is 26.6. The first-order valence-corrected chi connectivity index (χ1v) is 7.92. The molecule has 1 N–H and O–H groups in total. The van der Waals surface area contributed by atoms with Crippen molar-refractivity contribution < 1.29 is 14.3 Å². The predicted octanol–water partition coefficient (Wildman–Crippen LogP) is 3.20. The molecule has 1 aromatic carbocycles. The molecule has 2 amide bonds. The van der Waals surface area contributed by atoms with Crippen LogP contribution in [0.1, 0.15) is 28.2 Å². The molecule has 0 spiro atoms. The third-order valence-electron chi connectivity index (χ3n) is 3.50. The van der Waals surface area contributed by atoms with Crippen molar-refractivity contribution >= 4 is 29.0 Å². The Kier molecular flexibility index (Phi) is 4.11. The Bertz CT molecular complexity index is 684. The molecular weight excluding hydrogens is 300 g/mol. The van der Waals surface area contributed by atoms with Crippen LogP contribution in [0.15, 0.2) is 41.8 Å². The van der Waals surface area contributed by atoms with Gasteiger partial charge in [-0.25, -0.2) is 4.79 Å². The van der Waals surface area contributed by atoms with Crippen molar-refractivity contribution in [1.29, 1.82) is 0 Å². The van der Waals surface area contributed by atoms with Gasteiger partial charge in [-0.3, -0.25) is 9.69 Å². The van der Waals surface area contributed by atoms with E-state index in [-0.39, 0.29) is 18.0 Å². The van der Waals surface area contributed by atoms with Gasteiger partial charge in [-0.05, 0) is 36.6 Å². The molecule has 1 fully saturated rings. The number of carbonyl (C=O) groups is 2. The number of carbonyl (C=O) groups excluding carboxylic acids is 2. The minimum absolute atomic E-state index is 0.0482. The maximum Gasteiger partial charge on any atom is 0.414 e. The van der Waals surface area contributed by atoms with Crippen LogP contribution in [0, 0.1) is 0 Å². The molecule has 2 aromatic rings.